The van der Waals surface area contributed by atoms with E-state index in [1.165, 1.54) is 44.5 Å². The molecule has 0 aromatic carbocycles. The van der Waals surface area contributed by atoms with Gasteiger partial charge in [-0.15, -0.1) is 0 Å². The molecule has 4 nitrogen and oxygen atoms in total. The second-order valence-electron chi connectivity index (χ2n) is 6.19. The molecule has 4 rings (SSSR count). The maximum absolute atomic E-state index is 5.61. The standard InChI is InChI=1S/C14H23N3O/c1-2-4-13-11(3-1)16-14-15-7-5-12(17(13)14)10-6-8-18-9-10/h10-13H,1-9H2,(H,15,16). The van der Waals surface area contributed by atoms with Crippen molar-refractivity contribution in [3.05, 3.63) is 0 Å². The van der Waals surface area contributed by atoms with Gasteiger partial charge in [0.25, 0.3) is 0 Å². The Labute approximate surface area is 109 Å². The lowest BCUT2D eigenvalue weighted by Crippen LogP contribution is -2.51. The Morgan fingerprint density at radius 1 is 1.11 bits per heavy atom. The summed E-state index contributed by atoms with van der Waals surface area (Å²) in [4.78, 5) is 7.37. The number of nitrogens with zero attached hydrogens (tertiary/aromatic N) is 2. The van der Waals surface area contributed by atoms with Gasteiger partial charge in [-0.1, -0.05) is 12.8 Å². The van der Waals surface area contributed by atoms with Gasteiger partial charge in [-0.3, -0.25) is 4.99 Å². The Kier molecular flexibility index (Phi) is 2.71. The second-order valence-corrected chi connectivity index (χ2v) is 6.19. The van der Waals surface area contributed by atoms with Crippen molar-refractivity contribution >= 4 is 5.96 Å². The lowest BCUT2D eigenvalue weighted by Gasteiger charge is -2.40. The molecule has 3 aliphatic heterocycles. The van der Waals surface area contributed by atoms with Gasteiger partial charge in [-0.25, -0.2) is 0 Å². The van der Waals surface area contributed by atoms with Crippen molar-refractivity contribution in [1.82, 2.24) is 10.2 Å². The molecule has 4 aliphatic rings. The monoisotopic (exact) mass is 249 g/mol. The quantitative estimate of drug-likeness (QED) is 0.762. The Hall–Kier alpha value is -0.770. The van der Waals surface area contributed by atoms with Gasteiger partial charge in [0.05, 0.1) is 12.6 Å². The molecule has 0 amide bonds. The van der Waals surface area contributed by atoms with Gasteiger partial charge in [-0.2, -0.15) is 0 Å². The maximum atomic E-state index is 5.61. The van der Waals surface area contributed by atoms with Gasteiger partial charge < -0.3 is 15.0 Å². The summed E-state index contributed by atoms with van der Waals surface area (Å²) in [6.07, 6.45) is 7.91. The summed E-state index contributed by atoms with van der Waals surface area (Å²) in [6.45, 7) is 2.92. The normalized spacial score (nSPS) is 43.1. The summed E-state index contributed by atoms with van der Waals surface area (Å²) < 4.78 is 5.61. The molecule has 0 aromatic heterocycles. The summed E-state index contributed by atoms with van der Waals surface area (Å²) in [6, 6.07) is 2.06. The Bertz CT molecular complexity index is 351. The smallest absolute Gasteiger partial charge is 0.194 e. The van der Waals surface area contributed by atoms with Crippen LogP contribution in [-0.2, 0) is 4.74 Å². The topological polar surface area (TPSA) is 36.9 Å². The van der Waals surface area contributed by atoms with Crippen LogP contribution in [0.3, 0.4) is 0 Å². The Morgan fingerprint density at radius 2 is 2.06 bits per heavy atom. The predicted molar refractivity (Wildman–Crippen MR) is 70.7 cm³/mol. The molecular formula is C14H23N3O. The fourth-order valence-electron chi connectivity index (χ4n) is 4.30. The molecule has 4 atom stereocenters. The molecule has 4 heteroatoms. The van der Waals surface area contributed by atoms with Crippen LogP contribution in [0, 0.1) is 5.92 Å². The zero-order chi connectivity index (χ0) is 11.9. The van der Waals surface area contributed by atoms with E-state index in [1.807, 2.05) is 0 Å². The second kappa shape index (κ2) is 4.41. The van der Waals surface area contributed by atoms with Crippen LogP contribution in [0.2, 0.25) is 0 Å². The lowest BCUT2D eigenvalue weighted by atomic mass is 9.87. The molecule has 1 N–H and O–H groups in total. The first-order chi connectivity index (χ1) is 8.93. The number of guanidine groups is 1. The molecule has 100 valence electrons. The predicted octanol–water partition coefficient (Wildman–Crippen LogP) is 1.37. The number of rotatable bonds is 1. The van der Waals surface area contributed by atoms with E-state index in [9.17, 15) is 0 Å². The van der Waals surface area contributed by atoms with Gasteiger partial charge in [0, 0.05) is 31.2 Å². The van der Waals surface area contributed by atoms with Crippen LogP contribution >= 0.6 is 0 Å². The molecule has 4 unspecified atom stereocenters. The number of hydrogen-bond acceptors (Lipinski definition) is 4. The van der Waals surface area contributed by atoms with Crippen molar-refractivity contribution in [2.24, 2.45) is 10.9 Å². The highest BCUT2D eigenvalue weighted by molar-refractivity contribution is 5.84. The molecule has 0 aromatic rings. The molecule has 0 bridgehead atoms. The van der Waals surface area contributed by atoms with Crippen LogP contribution in [0.1, 0.15) is 38.5 Å². The highest BCUT2D eigenvalue weighted by Crippen LogP contribution is 2.35. The van der Waals surface area contributed by atoms with Crippen molar-refractivity contribution in [1.29, 1.82) is 0 Å². The highest BCUT2D eigenvalue weighted by Gasteiger charge is 2.46. The van der Waals surface area contributed by atoms with Gasteiger partial charge in [-0.05, 0) is 25.7 Å². The van der Waals surface area contributed by atoms with Crippen LogP contribution in [0.4, 0.5) is 0 Å². The van der Waals surface area contributed by atoms with E-state index in [1.54, 1.807) is 0 Å². The minimum absolute atomic E-state index is 0.667. The van der Waals surface area contributed by atoms with Crippen molar-refractivity contribution in [2.75, 3.05) is 19.8 Å². The van der Waals surface area contributed by atoms with Crippen LogP contribution in [0.15, 0.2) is 4.99 Å². The molecule has 3 heterocycles. The first-order valence-corrected chi connectivity index (χ1v) is 7.60. The molecule has 18 heavy (non-hydrogen) atoms. The van der Waals surface area contributed by atoms with Crippen LogP contribution in [0.5, 0.6) is 0 Å². The first-order valence-electron chi connectivity index (χ1n) is 7.60. The Morgan fingerprint density at radius 3 is 2.94 bits per heavy atom. The van der Waals surface area contributed by atoms with Crippen molar-refractivity contribution in [3.8, 4) is 0 Å². The van der Waals surface area contributed by atoms with Crippen LogP contribution in [-0.4, -0.2) is 48.7 Å². The molecule has 1 saturated carbocycles. The van der Waals surface area contributed by atoms with E-state index in [0.717, 1.165) is 25.7 Å². The fraction of sp³-hybridized carbons (Fsp3) is 0.929. The summed E-state index contributed by atoms with van der Waals surface area (Å²) >= 11 is 0. The average molecular weight is 249 g/mol. The molecule has 0 spiro atoms. The highest BCUT2D eigenvalue weighted by atomic mass is 16.5. The molecule has 1 aliphatic carbocycles. The zero-order valence-electron chi connectivity index (χ0n) is 11.0. The molecule has 3 fully saturated rings. The van der Waals surface area contributed by atoms with E-state index < -0.39 is 0 Å². The number of nitrogens with one attached hydrogen (secondary N) is 1. The molecule has 2 saturated heterocycles. The number of aliphatic imine (C=N–C) groups is 1. The summed E-state index contributed by atoms with van der Waals surface area (Å²) in [5, 5.41) is 3.68. The summed E-state index contributed by atoms with van der Waals surface area (Å²) in [5.74, 6) is 1.94. The fourth-order valence-corrected chi connectivity index (χ4v) is 4.30. The van der Waals surface area contributed by atoms with Crippen molar-refractivity contribution in [3.63, 3.8) is 0 Å². The largest absolute Gasteiger partial charge is 0.381 e. The lowest BCUT2D eigenvalue weighted by molar-refractivity contribution is 0.121. The van der Waals surface area contributed by atoms with E-state index in [4.69, 9.17) is 9.73 Å². The maximum Gasteiger partial charge on any atom is 0.194 e. The van der Waals surface area contributed by atoms with Crippen LogP contribution < -0.4 is 5.32 Å². The molecule has 0 radical (unpaired) electrons. The van der Waals surface area contributed by atoms with Gasteiger partial charge in [0.1, 0.15) is 0 Å². The van der Waals surface area contributed by atoms with Crippen molar-refractivity contribution < 1.29 is 4.74 Å². The molecular weight excluding hydrogens is 226 g/mol. The number of fused-ring (bicyclic) bond motifs is 3. The number of hydrogen-bond donors (Lipinski definition) is 1. The minimum atomic E-state index is 0.667. The van der Waals surface area contributed by atoms with Gasteiger partial charge >= 0.3 is 0 Å². The zero-order valence-corrected chi connectivity index (χ0v) is 11.0. The number of ether oxygens (including phenoxy) is 1. The minimum Gasteiger partial charge on any atom is -0.381 e. The van der Waals surface area contributed by atoms with Crippen LogP contribution in [0.25, 0.3) is 0 Å². The SMILES string of the molecule is C1CCC2C(C1)NC1=NCCC(C3CCOC3)N12. The van der Waals surface area contributed by atoms with E-state index in [0.29, 0.717) is 18.1 Å². The summed E-state index contributed by atoms with van der Waals surface area (Å²) in [7, 11) is 0. The van der Waals surface area contributed by atoms with Crippen molar-refractivity contribution in [2.45, 2.75) is 56.7 Å². The first kappa shape index (κ1) is 11.1. The Balaban J connectivity index is 1.60. The summed E-state index contributed by atoms with van der Waals surface area (Å²) in [5.41, 5.74) is 0. The third kappa shape index (κ3) is 1.65. The van der Waals surface area contributed by atoms with E-state index in [2.05, 4.69) is 10.2 Å². The third-order valence-corrected chi connectivity index (χ3v) is 5.20. The van der Waals surface area contributed by atoms with Gasteiger partial charge in [0.2, 0.25) is 0 Å². The average Bonchev–Trinajstić information content (AvgIpc) is 3.05. The van der Waals surface area contributed by atoms with E-state index >= 15 is 0 Å². The van der Waals surface area contributed by atoms with Gasteiger partial charge in [0.15, 0.2) is 5.96 Å². The third-order valence-electron chi connectivity index (χ3n) is 5.20. The van der Waals surface area contributed by atoms with E-state index in [-0.39, 0.29) is 0 Å².